The van der Waals surface area contributed by atoms with Crippen molar-refractivity contribution >= 4 is 17.7 Å². The molecule has 1 aliphatic heterocycles. The van der Waals surface area contributed by atoms with Crippen LogP contribution in [0.15, 0.2) is 48.3 Å². The number of nitrogens with one attached hydrogen (secondary N) is 1. The fourth-order valence-corrected chi connectivity index (χ4v) is 1.95. The Balaban J connectivity index is 1.78. The maximum Gasteiger partial charge on any atom is 0.266 e. The predicted octanol–water partition coefficient (Wildman–Crippen LogP) is 2.36. The first-order valence-corrected chi connectivity index (χ1v) is 6.49. The summed E-state index contributed by atoms with van der Waals surface area (Å²) in [6, 6.07) is 10.4. The average molecular weight is 293 g/mol. The van der Waals surface area contributed by atoms with Gasteiger partial charge in [0.25, 0.3) is 5.91 Å². The van der Waals surface area contributed by atoms with Gasteiger partial charge in [-0.3, -0.25) is 9.78 Å². The molecular formula is C16H11N3O3. The fourth-order valence-electron chi connectivity index (χ4n) is 1.95. The van der Waals surface area contributed by atoms with Gasteiger partial charge in [-0.1, -0.05) is 6.07 Å². The van der Waals surface area contributed by atoms with E-state index in [4.69, 9.17) is 14.7 Å². The van der Waals surface area contributed by atoms with Crippen molar-refractivity contribution in [2.45, 2.75) is 0 Å². The first kappa shape index (κ1) is 13.6. The van der Waals surface area contributed by atoms with E-state index in [0.29, 0.717) is 22.7 Å². The van der Waals surface area contributed by atoms with Crippen molar-refractivity contribution in [3.8, 4) is 17.6 Å². The quantitative estimate of drug-likeness (QED) is 0.693. The number of carbonyl (C=O) groups is 1. The van der Waals surface area contributed by atoms with Crippen molar-refractivity contribution in [3.63, 3.8) is 0 Å². The second-order valence-corrected chi connectivity index (χ2v) is 4.48. The molecule has 0 saturated heterocycles. The van der Waals surface area contributed by atoms with Crippen LogP contribution in [0.4, 0.5) is 5.69 Å². The van der Waals surface area contributed by atoms with E-state index in [2.05, 4.69) is 10.3 Å². The van der Waals surface area contributed by atoms with E-state index in [0.717, 1.165) is 0 Å². The summed E-state index contributed by atoms with van der Waals surface area (Å²) in [6.07, 6.45) is 4.68. The average Bonchev–Trinajstić information content (AvgIpc) is 3.01. The molecule has 0 bridgehead atoms. The number of ether oxygens (including phenoxy) is 2. The van der Waals surface area contributed by atoms with Crippen LogP contribution < -0.4 is 14.8 Å². The first-order chi connectivity index (χ1) is 10.8. The number of aromatic nitrogens is 1. The Kier molecular flexibility index (Phi) is 3.70. The Labute approximate surface area is 126 Å². The lowest BCUT2D eigenvalue weighted by Gasteiger charge is -2.05. The van der Waals surface area contributed by atoms with Gasteiger partial charge in [0.1, 0.15) is 11.6 Å². The minimum Gasteiger partial charge on any atom is -0.454 e. The number of nitriles is 1. The van der Waals surface area contributed by atoms with Crippen LogP contribution in [0, 0.1) is 11.3 Å². The number of hydrogen-bond donors (Lipinski definition) is 1. The third-order valence-corrected chi connectivity index (χ3v) is 2.99. The molecule has 1 aliphatic rings. The first-order valence-electron chi connectivity index (χ1n) is 6.49. The van der Waals surface area contributed by atoms with Crippen molar-refractivity contribution in [2.75, 3.05) is 12.1 Å². The van der Waals surface area contributed by atoms with Crippen molar-refractivity contribution in [2.24, 2.45) is 0 Å². The molecule has 0 unspecified atom stereocenters. The standard InChI is InChI=1S/C16H11N3O3/c17-8-12(6-11-2-1-5-18-9-11)16(20)19-13-3-4-14-15(7-13)22-10-21-14/h1-7,9H,10H2,(H,19,20)/b12-6+. The monoisotopic (exact) mass is 293 g/mol. The maximum absolute atomic E-state index is 12.2. The Morgan fingerprint density at radius 3 is 2.95 bits per heavy atom. The molecular weight excluding hydrogens is 282 g/mol. The molecule has 2 heterocycles. The smallest absolute Gasteiger partial charge is 0.266 e. The Bertz CT molecular complexity index is 779. The molecule has 1 aromatic carbocycles. The normalized spacial score (nSPS) is 12.6. The molecule has 6 nitrogen and oxygen atoms in total. The van der Waals surface area contributed by atoms with Gasteiger partial charge >= 0.3 is 0 Å². The van der Waals surface area contributed by atoms with Crippen molar-refractivity contribution in [1.29, 1.82) is 5.26 Å². The van der Waals surface area contributed by atoms with E-state index in [1.807, 2.05) is 6.07 Å². The van der Waals surface area contributed by atoms with Crippen molar-refractivity contribution in [3.05, 3.63) is 53.9 Å². The van der Waals surface area contributed by atoms with Crippen LogP contribution in [0.2, 0.25) is 0 Å². The largest absolute Gasteiger partial charge is 0.454 e. The highest BCUT2D eigenvalue weighted by atomic mass is 16.7. The van der Waals surface area contributed by atoms with Gasteiger partial charge < -0.3 is 14.8 Å². The summed E-state index contributed by atoms with van der Waals surface area (Å²) in [5.74, 6) is 0.696. The zero-order chi connectivity index (χ0) is 15.4. The molecule has 0 aliphatic carbocycles. The molecule has 2 aromatic rings. The summed E-state index contributed by atoms with van der Waals surface area (Å²) in [6.45, 7) is 0.164. The second kappa shape index (κ2) is 5.97. The Morgan fingerprint density at radius 1 is 1.32 bits per heavy atom. The molecule has 0 spiro atoms. The molecule has 6 heteroatoms. The van der Waals surface area contributed by atoms with Gasteiger partial charge in [0.05, 0.1) is 0 Å². The van der Waals surface area contributed by atoms with Crippen LogP contribution in [0.1, 0.15) is 5.56 Å². The van der Waals surface area contributed by atoms with E-state index in [1.165, 1.54) is 6.08 Å². The summed E-state index contributed by atoms with van der Waals surface area (Å²) in [7, 11) is 0. The Hall–Kier alpha value is -3.33. The number of nitrogens with zero attached hydrogens (tertiary/aromatic N) is 2. The van der Waals surface area contributed by atoms with E-state index in [-0.39, 0.29) is 12.4 Å². The van der Waals surface area contributed by atoms with Crippen molar-refractivity contribution in [1.82, 2.24) is 4.98 Å². The van der Waals surface area contributed by atoms with Crippen LogP contribution in [-0.2, 0) is 4.79 Å². The van der Waals surface area contributed by atoms with E-state index in [9.17, 15) is 4.79 Å². The Morgan fingerprint density at radius 2 is 2.18 bits per heavy atom. The third-order valence-electron chi connectivity index (χ3n) is 2.99. The van der Waals surface area contributed by atoms with Gasteiger partial charge in [-0.2, -0.15) is 5.26 Å². The van der Waals surface area contributed by atoms with E-state index in [1.54, 1.807) is 42.7 Å². The number of rotatable bonds is 3. The molecule has 0 radical (unpaired) electrons. The van der Waals surface area contributed by atoms with Crippen LogP contribution >= 0.6 is 0 Å². The molecule has 1 amide bonds. The molecule has 22 heavy (non-hydrogen) atoms. The van der Waals surface area contributed by atoms with E-state index < -0.39 is 5.91 Å². The zero-order valence-electron chi connectivity index (χ0n) is 11.4. The number of benzene rings is 1. The fraction of sp³-hybridized carbons (Fsp3) is 0.0625. The molecule has 3 rings (SSSR count). The second-order valence-electron chi connectivity index (χ2n) is 4.48. The topological polar surface area (TPSA) is 84.2 Å². The minimum absolute atomic E-state index is 0.00864. The van der Waals surface area contributed by atoms with Crippen molar-refractivity contribution < 1.29 is 14.3 Å². The molecule has 1 aromatic heterocycles. The number of hydrogen-bond acceptors (Lipinski definition) is 5. The van der Waals surface area contributed by atoms with Crippen LogP contribution in [-0.4, -0.2) is 17.7 Å². The number of carbonyl (C=O) groups excluding carboxylic acids is 1. The predicted molar refractivity (Wildman–Crippen MR) is 79.0 cm³/mol. The van der Waals surface area contributed by atoms with Gasteiger partial charge in [-0.25, -0.2) is 0 Å². The summed E-state index contributed by atoms with van der Waals surface area (Å²) >= 11 is 0. The lowest BCUT2D eigenvalue weighted by Crippen LogP contribution is -2.13. The van der Waals surface area contributed by atoms with Gasteiger partial charge in [0.15, 0.2) is 11.5 Å². The highest BCUT2D eigenvalue weighted by molar-refractivity contribution is 6.09. The van der Waals surface area contributed by atoms with Gasteiger partial charge in [0.2, 0.25) is 6.79 Å². The maximum atomic E-state index is 12.2. The lowest BCUT2D eigenvalue weighted by molar-refractivity contribution is -0.112. The molecule has 0 saturated carbocycles. The number of anilines is 1. The summed E-state index contributed by atoms with van der Waals surface area (Å²) in [5.41, 5.74) is 1.20. The van der Waals surface area contributed by atoms with E-state index >= 15 is 0 Å². The van der Waals surface area contributed by atoms with Crippen LogP contribution in [0.3, 0.4) is 0 Å². The van der Waals surface area contributed by atoms with Gasteiger partial charge in [0, 0.05) is 24.1 Å². The highest BCUT2D eigenvalue weighted by Gasteiger charge is 2.15. The lowest BCUT2D eigenvalue weighted by atomic mass is 10.1. The summed E-state index contributed by atoms with van der Waals surface area (Å²) in [5, 5.41) is 11.8. The SMILES string of the molecule is N#C/C(=C\c1cccnc1)C(=O)Nc1ccc2c(c1)OCO2. The number of amides is 1. The van der Waals surface area contributed by atoms with Gasteiger partial charge in [-0.05, 0) is 29.8 Å². The summed E-state index contributed by atoms with van der Waals surface area (Å²) in [4.78, 5) is 16.1. The van der Waals surface area contributed by atoms with Gasteiger partial charge in [-0.15, -0.1) is 0 Å². The third kappa shape index (κ3) is 2.88. The van der Waals surface area contributed by atoms with Crippen LogP contribution in [0.25, 0.3) is 6.08 Å². The molecule has 1 N–H and O–H groups in total. The number of fused-ring (bicyclic) bond motifs is 1. The zero-order valence-corrected chi connectivity index (χ0v) is 11.4. The summed E-state index contributed by atoms with van der Waals surface area (Å²) < 4.78 is 10.4. The number of pyridine rings is 1. The molecule has 0 atom stereocenters. The highest BCUT2D eigenvalue weighted by Crippen LogP contribution is 2.34. The minimum atomic E-state index is -0.495. The van der Waals surface area contributed by atoms with Crippen LogP contribution in [0.5, 0.6) is 11.5 Å². The molecule has 0 fully saturated rings. The molecule has 108 valence electrons.